The van der Waals surface area contributed by atoms with Gasteiger partial charge in [0.2, 0.25) is 5.88 Å². The lowest BCUT2D eigenvalue weighted by molar-refractivity contribution is -0.143. The highest BCUT2D eigenvalue weighted by Gasteiger charge is 2.27. The number of hydrogen-bond acceptors (Lipinski definition) is 6. The van der Waals surface area contributed by atoms with Gasteiger partial charge < -0.3 is 14.6 Å². The molecule has 0 amide bonds. The van der Waals surface area contributed by atoms with Crippen molar-refractivity contribution in [2.75, 3.05) is 4.72 Å². The van der Waals surface area contributed by atoms with Gasteiger partial charge in [0.15, 0.2) is 0 Å². The third-order valence-corrected chi connectivity index (χ3v) is 6.89. The zero-order valence-corrected chi connectivity index (χ0v) is 20.1. The van der Waals surface area contributed by atoms with Crippen LogP contribution >= 0.6 is 23.5 Å². The zero-order valence-electron chi connectivity index (χ0n) is 18.5. The highest BCUT2D eigenvalue weighted by atomic mass is 35.5. The topological polar surface area (TPSA) is 84.3 Å². The van der Waals surface area contributed by atoms with Crippen molar-refractivity contribution in [3.63, 3.8) is 0 Å². The monoisotopic (exact) mass is 483 g/mol. The summed E-state index contributed by atoms with van der Waals surface area (Å²) < 4.78 is 9.27. The Balaban J connectivity index is 1.41. The summed E-state index contributed by atoms with van der Waals surface area (Å²) in [5, 5.41) is 10.5. The van der Waals surface area contributed by atoms with E-state index in [4.69, 9.17) is 26.4 Å². The number of hydrogen-bond donors (Lipinski definition) is 2. The highest BCUT2D eigenvalue weighted by Crippen LogP contribution is 2.33. The van der Waals surface area contributed by atoms with Crippen LogP contribution in [0, 0.1) is 19.8 Å². The van der Waals surface area contributed by atoms with Crippen LogP contribution in [0.25, 0.3) is 11.3 Å². The van der Waals surface area contributed by atoms with Gasteiger partial charge in [0.25, 0.3) is 0 Å². The van der Waals surface area contributed by atoms with Crippen LogP contribution in [0.3, 0.4) is 0 Å². The van der Waals surface area contributed by atoms with Gasteiger partial charge in [0.05, 0.1) is 16.6 Å². The average Bonchev–Trinajstić information content (AvgIpc) is 2.80. The Morgan fingerprint density at radius 3 is 2.42 bits per heavy atom. The van der Waals surface area contributed by atoms with Crippen LogP contribution < -0.4 is 9.46 Å². The fourth-order valence-corrected chi connectivity index (χ4v) is 4.89. The van der Waals surface area contributed by atoms with Crippen molar-refractivity contribution in [1.82, 2.24) is 9.97 Å². The van der Waals surface area contributed by atoms with E-state index >= 15 is 0 Å². The number of rotatable bonds is 7. The fraction of sp³-hybridized carbons (Fsp3) is 0.320. The number of aromatic nitrogens is 2. The van der Waals surface area contributed by atoms with Gasteiger partial charge in [-0.05, 0) is 68.9 Å². The van der Waals surface area contributed by atoms with Crippen LogP contribution in [-0.4, -0.2) is 27.1 Å². The lowest BCUT2D eigenvalue weighted by Crippen LogP contribution is -2.28. The van der Waals surface area contributed by atoms with Crippen molar-refractivity contribution in [3.05, 3.63) is 64.7 Å². The minimum Gasteiger partial charge on any atom is -0.481 e. The van der Waals surface area contributed by atoms with Gasteiger partial charge in [-0.1, -0.05) is 35.9 Å². The van der Waals surface area contributed by atoms with Crippen molar-refractivity contribution in [1.29, 1.82) is 0 Å². The van der Waals surface area contributed by atoms with Gasteiger partial charge in [-0.3, -0.25) is 4.79 Å². The predicted octanol–water partition coefficient (Wildman–Crippen LogP) is 6.56. The molecule has 1 fully saturated rings. The van der Waals surface area contributed by atoms with E-state index < -0.39 is 5.97 Å². The first kappa shape index (κ1) is 23.4. The number of carboxylic acid groups (broad SMARTS) is 1. The molecule has 0 radical (unpaired) electrons. The molecular formula is C25H26ClN3O3S. The molecule has 4 rings (SSSR count). The van der Waals surface area contributed by atoms with Crippen molar-refractivity contribution >= 4 is 35.3 Å². The van der Waals surface area contributed by atoms with E-state index in [2.05, 4.69) is 35.7 Å². The second kappa shape index (κ2) is 10.4. The Morgan fingerprint density at radius 2 is 1.73 bits per heavy atom. The van der Waals surface area contributed by atoms with Crippen molar-refractivity contribution in [3.8, 4) is 17.1 Å². The lowest BCUT2D eigenvalue weighted by Gasteiger charge is -2.26. The van der Waals surface area contributed by atoms with Crippen molar-refractivity contribution in [2.45, 2.75) is 50.7 Å². The summed E-state index contributed by atoms with van der Waals surface area (Å²) in [6.07, 6.45) is 2.73. The molecule has 2 N–H and O–H groups in total. The molecule has 33 heavy (non-hydrogen) atoms. The number of nitrogens with zero attached hydrogens (tertiary/aromatic N) is 2. The lowest BCUT2D eigenvalue weighted by atomic mass is 9.87. The predicted molar refractivity (Wildman–Crippen MR) is 132 cm³/mol. The first-order valence-corrected chi connectivity index (χ1v) is 12.1. The molecule has 2 heterocycles. The number of anilines is 1. The van der Waals surface area contributed by atoms with E-state index in [0.29, 0.717) is 29.6 Å². The Morgan fingerprint density at radius 1 is 1.03 bits per heavy atom. The van der Waals surface area contributed by atoms with Crippen LogP contribution in [0.4, 0.5) is 5.82 Å². The van der Waals surface area contributed by atoms with Crippen LogP contribution in [0.15, 0.2) is 53.6 Å². The first-order chi connectivity index (χ1) is 15.9. The third kappa shape index (κ3) is 5.78. The summed E-state index contributed by atoms with van der Waals surface area (Å²) in [6, 6.07) is 15.4. The largest absolute Gasteiger partial charge is 0.481 e. The maximum atomic E-state index is 11.1. The number of pyridine rings is 2. The number of ether oxygens (including phenoxy) is 1. The summed E-state index contributed by atoms with van der Waals surface area (Å²) in [6.45, 7) is 4.11. The fourth-order valence-electron chi connectivity index (χ4n) is 4.08. The first-order valence-electron chi connectivity index (χ1n) is 10.9. The quantitative estimate of drug-likeness (QED) is 0.368. The van der Waals surface area contributed by atoms with Gasteiger partial charge in [0, 0.05) is 23.6 Å². The second-order valence-electron chi connectivity index (χ2n) is 8.24. The maximum Gasteiger partial charge on any atom is 0.306 e. The van der Waals surface area contributed by atoms with E-state index in [9.17, 15) is 4.79 Å². The number of aliphatic carboxylic acids is 1. The van der Waals surface area contributed by atoms with Gasteiger partial charge in [-0.25, -0.2) is 9.97 Å². The highest BCUT2D eigenvalue weighted by molar-refractivity contribution is 8.00. The van der Waals surface area contributed by atoms with Gasteiger partial charge in [0.1, 0.15) is 16.9 Å². The molecular weight excluding hydrogens is 458 g/mol. The summed E-state index contributed by atoms with van der Waals surface area (Å²) in [7, 11) is 0. The van der Waals surface area contributed by atoms with E-state index in [-0.39, 0.29) is 12.0 Å². The summed E-state index contributed by atoms with van der Waals surface area (Å²) in [4.78, 5) is 20.4. The van der Waals surface area contributed by atoms with Gasteiger partial charge in [-0.2, -0.15) is 0 Å². The molecule has 0 saturated heterocycles. The standard InChI is InChI=1S/C25H26ClN3O3S/c1-15-5-3-6-16(2)23(15)24-19(26)13-14-20(27-24)29-33-22-8-4-7-21(28-22)32-18-11-9-17(10-12-18)25(30)31/h3-8,13-14,17-18H,9-12H2,1-2H3,(H,27,29)(H,30,31). The van der Waals surface area contributed by atoms with Crippen LogP contribution in [0.2, 0.25) is 5.02 Å². The number of carbonyl (C=O) groups is 1. The van der Waals surface area contributed by atoms with E-state index in [1.165, 1.54) is 11.9 Å². The molecule has 6 nitrogen and oxygen atoms in total. The smallest absolute Gasteiger partial charge is 0.306 e. The molecule has 0 spiro atoms. The molecule has 8 heteroatoms. The number of aryl methyl sites for hydroxylation is 2. The molecule has 0 aliphatic heterocycles. The Hall–Kier alpha value is -2.77. The van der Waals surface area contributed by atoms with E-state index in [1.54, 1.807) is 0 Å². The number of halogens is 1. The number of benzene rings is 1. The van der Waals surface area contributed by atoms with Crippen LogP contribution in [0.1, 0.15) is 36.8 Å². The number of carboxylic acids is 1. The zero-order chi connectivity index (χ0) is 23.4. The molecule has 1 saturated carbocycles. The Bertz CT molecular complexity index is 1130. The van der Waals surface area contributed by atoms with Gasteiger partial charge >= 0.3 is 5.97 Å². The minimum atomic E-state index is -0.715. The van der Waals surface area contributed by atoms with Crippen LogP contribution in [-0.2, 0) is 4.79 Å². The minimum absolute atomic E-state index is 0.000786. The molecule has 1 aromatic carbocycles. The summed E-state index contributed by atoms with van der Waals surface area (Å²) in [5.41, 5.74) is 4.04. The third-order valence-electron chi connectivity index (χ3n) is 5.83. The normalized spacial score (nSPS) is 18.0. The molecule has 172 valence electrons. The van der Waals surface area contributed by atoms with Crippen LogP contribution in [0.5, 0.6) is 5.88 Å². The second-order valence-corrected chi connectivity index (χ2v) is 9.48. The van der Waals surface area contributed by atoms with Gasteiger partial charge in [-0.15, -0.1) is 0 Å². The molecule has 0 bridgehead atoms. The van der Waals surface area contributed by atoms with Crippen molar-refractivity contribution in [2.24, 2.45) is 5.92 Å². The molecule has 0 unspecified atom stereocenters. The maximum absolute atomic E-state index is 11.1. The molecule has 1 aliphatic carbocycles. The molecule has 1 aliphatic rings. The summed E-state index contributed by atoms with van der Waals surface area (Å²) >= 11 is 7.82. The Labute approximate surface area is 202 Å². The SMILES string of the molecule is Cc1cccc(C)c1-c1nc(NSc2cccc(OC3CCC(C(=O)O)CC3)n2)ccc1Cl. The molecule has 0 atom stereocenters. The molecule has 3 aromatic rings. The van der Waals surface area contributed by atoms with E-state index in [1.807, 2.05) is 36.4 Å². The number of nitrogens with one attached hydrogen (secondary N) is 1. The summed E-state index contributed by atoms with van der Waals surface area (Å²) in [5.74, 6) is 0.250. The Kier molecular flexibility index (Phi) is 7.40. The average molecular weight is 484 g/mol. The molecule has 2 aromatic heterocycles. The van der Waals surface area contributed by atoms with E-state index in [0.717, 1.165) is 40.3 Å². The van der Waals surface area contributed by atoms with Crippen molar-refractivity contribution < 1.29 is 14.6 Å².